The van der Waals surface area contributed by atoms with Gasteiger partial charge in [-0.15, -0.1) is 11.6 Å². The van der Waals surface area contributed by atoms with Crippen LogP contribution in [-0.4, -0.2) is 249 Å². The Balaban J connectivity index is 1.09. The monoisotopic (exact) mass is 1550 g/mol. The number of carbonyl (C=O) groups excluding carboxylic acids is 6. The van der Waals surface area contributed by atoms with E-state index in [-0.39, 0.29) is 197 Å². The minimum absolute atomic E-state index is 0.00113. The first-order valence-corrected chi connectivity index (χ1v) is 34.5. The fourth-order valence-electron chi connectivity index (χ4n) is 11.4. The van der Waals surface area contributed by atoms with E-state index in [9.17, 15) is 117 Å². The molecule has 0 bridgehead atoms. The molecular weight excluding hydrogens is 1470 g/mol. The number of rotatable bonds is 49. The van der Waals surface area contributed by atoms with Crippen LogP contribution < -0.4 is 32.0 Å². The number of phenolic OH excluding ortho intramolecular Hbond substituents is 1. The summed E-state index contributed by atoms with van der Waals surface area (Å²) in [5.41, 5.74) is -1.37. The average Bonchev–Trinajstić information content (AvgIpc) is 0.740. The van der Waals surface area contributed by atoms with Gasteiger partial charge in [0.25, 0.3) is 23.6 Å². The van der Waals surface area contributed by atoms with Crippen LogP contribution >= 0.6 is 11.6 Å². The van der Waals surface area contributed by atoms with Crippen molar-refractivity contribution in [1.29, 1.82) is 0 Å². The SMILES string of the molecule is O=C(O)CN(CC(=O)O)C(CCCCNC(=O)c1cc(CN(CCOCCOCCOCCNC(=O)c2ccc(-c3c4cc(F)c(=O)cc-4oc4cc(O)c(F)cc34)c(C(=O)O)c2)C(=O)CCCCNC(=O)c2cccc(NC(=O)CCl)c2)cc(C(=O)NCCCCC(C(=O)O)N(CC(=O)O)CC(=O)O)c1)C(=O)O. The third-order valence-electron chi connectivity index (χ3n) is 16.5. The molecule has 37 heteroatoms. The Labute approximate surface area is 624 Å². The molecule has 0 aromatic heterocycles. The summed E-state index contributed by atoms with van der Waals surface area (Å²) in [7, 11) is 0. The number of fused-ring (bicyclic) bond motifs is 2. The van der Waals surface area contributed by atoms with E-state index < -0.39 is 144 Å². The summed E-state index contributed by atoms with van der Waals surface area (Å²) in [6, 6.07) is 14.2. The van der Waals surface area contributed by atoms with Gasteiger partial charge in [-0.25, -0.2) is 13.6 Å². The van der Waals surface area contributed by atoms with Crippen LogP contribution in [0.2, 0.25) is 0 Å². The second-order valence-electron chi connectivity index (χ2n) is 24.5. The van der Waals surface area contributed by atoms with E-state index >= 15 is 0 Å². The number of halogens is 3. The van der Waals surface area contributed by atoms with Gasteiger partial charge in [0, 0.05) is 102 Å². The molecule has 586 valence electrons. The number of hydrogen-bond acceptors (Lipinski definition) is 21. The van der Waals surface area contributed by atoms with Crippen molar-refractivity contribution >= 4 is 105 Å². The first kappa shape index (κ1) is 86.4. The largest absolute Gasteiger partial charge is 0.505 e. The highest BCUT2D eigenvalue weighted by Gasteiger charge is 2.32. The molecule has 0 saturated heterocycles. The Hall–Kier alpha value is -11.6. The number of nitrogens with zero attached hydrogens (tertiary/aromatic N) is 3. The second kappa shape index (κ2) is 43.3. The molecule has 13 N–H and O–H groups in total. The van der Waals surface area contributed by atoms with Crippen molar-refractivity contribution in [2.45, 2.75) is 76.4 Å². The summed E-state index contributed by atoms with van der Waals surface area (Å²) in [5, 5.41) is 90.5. The van der Waals surface area contributed by atoms with Gasteiger partial charge in [-0.2, -0.15) is 0 Å². The van der Waals surface area contributed by atoms with Gasteiger partial charge in [0.2, 0.25) is 17.2 Å². The molecule has 1 heterocycles. The zero-order valence-electron chi connectivity index (χ0n) is 58.5. The summed E-state index contributed by atoms with van der Waals surface area (Å²) in [4.78, 5) is 178. The Morgan fingerprint density at radius 3 is 1.54 bits per heavy atom. The van der Waals surface area contributed by atoms with Crippen LogP contribution in [0.15, 0.2) is 94.1 Å². The lowest BCUT2D eigenvalue weighted by atomic mass is 9.89. The number of carboxylic acid groups (broad SMARTS) is 7. The molecule has 0 saturated carbocycles. The average molecular weight is 1550 g/mol. The zero-order chi connectivity index (χ0) is 79.9. The van der Waals surface area contributed by atoms with Crippen molar-refractivity contribution in [2.24, 2.45) is 0 Å². The number of aliphatic carboxylic acids is 6. The van der Waals surface area contributed by atoms with Gasteiger partial charge in [0.1, 0.15) is 29.3 Å². The number of unbranched alkanes of at least 4 members (excludes halogenated alkanes) is 3. The second-order valence-corrected chi connectivity index (χ2v) is 24.8. The van der Waals surface area contributed by atoms with Crippen LogP contribution in [0.3, 0.4) is 0 Å². The van der Waals surface area contributed by atoms with E-state index in [1.807, 2.05) is 0 Å². The molecule has 2 unspecified atom stereocenters. The predicted octanol–water partition coefficient (Wildman–Crippen LogP) is 4.48. The number of ether oxygens (including phenoxy) is 3. The van der Waals surface area contributed by atoms with Crippen molar-refractivity contribution in [1.82, 2.24) is 36.0 Å². The van der Waals surface area contributed by atoms with E-state index in [4.69, 9.17) is 30.2 Å². The van der Waals surface area contributed by atoms with E-state index in [1.165, 1.54) is 47.4 Å². The Morgan fingerprint density at radius 1 is 0.514 bits per heavy atom. The zero-order valence-corrected chi connectivity index (χ0v) is 59.3. The number of aromatic hydroxyl groups is 1. The van der Waals surface area contributed by atoms with Crippen LogP contribution in [0.5, 0.6) is 5.75 Å². The van der Waals surface area contributed by atoms with Gasteiger partial charge in [-0.1, -0.05) is 12.1 Å². The lowest BCUT2D eigenvalue weighted by Crippen LogP contribution is -2.46. The van der Waals surface area contributed by atoms with Crippen LogP contribution in [0, 0.1) is 11.6 Å². The number of phenols is 1. The van der Waals surface area contributed by atoms with E-state index in [1.54, 1.807) is 12.1 Å². The summed E-state index contributed by atoms with van der Waals surface area (Å²) in [5.74, 6) is -17.5. The number of carboxylic acids is 7. The van der Waals surface area contributed by atoms with Gasteiger partial charge < -0.3 is 91.0 Å². The molecule has 2 aliphatic rings. The molecule has 0 spiro atoms. The molecule has 34 nitrogen and oxygen atoms in total. The molecule has 1 aliphatic carbocycles. The third kappa shape index (κ3) is 27.6. The van der Waals surface area contributed by atoms with Gasteiger partial charge in [-0.05, 0) is 123 Å². The van der Waals surface area contributed by atoms with Crippen molar-refractivity contribution in [2.75, 3.05) is 110 Å². The number of nitrogens with one attached hydrogen (secondary N) is 5. The maximum Gasteiger partial charge on any atom is 0.336 e. The fourth-order valence-corrected chi connectivity index (χ4v) is 11.5. The molecule has 4 aromatic rings. The minimum Gasteiger partial charge on any atom is -0.505 e. The van der Waals surface area contributed by atoms with Crippen molar-refractivity contribution < 1.29 is 131 Å². The van der Waals surface area contributed by atoms with Crippen molar-refractivity contribution in [3.63, 3.8) is 0 Å². The summed E-state index contributed by atoms with van der Waals surface area (Å²) in [6.45, 7) is -3.93. The highest BCUT2D eigenvalue weighted by Crippen LogP contribution is 2.43. The quantitative estimate of drug-likeness (QED) is 0.0142. The van der Waals surface area contributed by atoms with Crippen LogP contribution in [0.1, 0.15) is 115 Å². The van der Waals surface area contributed by atoms with Crippen molar-refractivity contribution in [3.8, 4) is 28.2 Å². The smallest absolute Gasteiger partial charge is 0.336 e. The number of carbonyl (C=O) groups is 13. The minimum atomic E-state index is -1.52. The topological polar surface area (TPSA) is 512 Å². The number of amides is 6. The van der Waals surface area contributed by atoms with Crippen molar-refractivity contribution in [3.05, 3.63) is 140 Å². The molecule has 109 heavy (non-hydrogen) atoms. The Morgan fingerprint density at radius 2 is 1.02 bits per heavy atom. The normalized spacial score (nSPS) is 11.8. The van der Waals surface area contributed by atoms with Gasteiger partial charge in [0.15, 0.2) is 17.4 Å². The molecule has 1 aliphatic heterocycles. The molecule has 4 aromatic carbocycles. The first-order chi connectivity index (χ1) is 51.9. The van der Waals surface area contributed by atoms with E-state index in [2.05, 4.69) is 26.6 Å². The third-order valence-corrected chi connectivity index (χ3v) is 16.7. The summed E-state index contributed by atoms with van der Waals surface area (Å²) >= 11 is 5.60. The highest BCUT2D eigenvalue weighted by atomic mass is 35.5. The molecule has 6 amide bonds. The molecular formula is C72H81ClF2N8O26. The number of alkyl halides is 1. The Bertz CT molecular complexity index is 4210. The standard InChI is InChI=1S/C72H81ClF2N8O26/c73-35-59(86)80-46-9-7-8-42(29-46)66(96)76-17-6-3-12-60(87)81(19-21-107-23-25-108-24-22-106-20-18-79-67(97)43-13-14-47(48(30-43)70(100)101)65-49-31-51(74)55(84)33-57(49)109-58-34-56(85)52(75)32-50(58)65)36-41-26-44(68(98)77-15-4-1-10-53(71(102)103)82(37-61(88)89)38-62(90)91)28-45(27-41)69(99)78-16-5-2-11-54(72(104)105)83(39-63(92)93)40-64(94)95/h7-9,13-14,26-34,53-54,84H,1-6,10-12,15-25,35-40H2,(H,76,96)(H,77,98)(H,78,99)(H,79,97)(H,80,86)(H,88,89)(H,90,91)(H,92,93)(H,94,95)(H,100,101)(H,102,103)(H,104,105). The predicted molar refractivity (Wildman–Crippen MR) is 381 cm³/mol. The summed E-state index contributed by atoms with van der Waals surface area (Å²) < 4.78 is 52.2. The molecule has 2 atom stereocenters. The molecule has 0 radical (unpaired) electrons. The highest BCUT2D eigenvalue weighted by molar-refractivity contribution is 6.29. The number of aromatic carboxylic acids is 1. The van der Waals surface area contributed by atoms with Gasteiger partial charge >= 0.3 is 41.8 Å². The maximum absolute atomic E-state index is 14.8. The first-order valence-electron chi connectivity index (χ1n) is 34.0. The maximum atomic E-state index is 14.8. The fraction of sp³-hybridized carbons (Fsp3) is 0.389. The van der Waals surface area contributed by atoms with Gasteiger partial charge in [-0.3, -0.25) is 72.1 Å². The van der Waals surface area contributed by atoms with Gasteiger partial charge in [0.05, 0.1) is 71.4 Å². The van der Waals surface area contributed by atoms with E-state index in [0.717, 1.165) is 40.1 Å². The summed E-state index contributed by atoms with van der Waals surface area (Å²) in [6.07, 6.45) is 0.449. The lowest BCUT2D eigenvalue weighted by Gasteiger charge is -2.25. The lowest BCUT2D eigenvalue weighted by molar-refractivity contribution is -0.152. The molecule has 0 fully saturated rings. The number of hydrogen-bond donors (Lipinski definition) is 13. The Kier molecular flexibility index (Phi) is 34.3. The number of benzene rings is 5. The van der Waals surface area contributed by atoms with Crippen LogP contribution in [-0.2, 0) is 59.1 Å². The number of anilines is 1. The van der Waals surface area contributed by atoms with Crippen LogP contribution in [0.4, 0.5) is 14.5 Å². The molecule has 6 rings (SSSR count). The van der Waals surface area contributed by atoms with Crippen LogP contribution in [0.25, 0.3) is 33.4 Å². The van der Waals surface area contributed by atoms with E-state index in [0.29, 0.717) is 12.1 Å².